The third-order valence-corrected chi connectivity index (χ3v) is 5.69. The zero-order valence-corrected chi connectivity index (χ0v) is 19.4. The molecule has 1 unspecified atom stereocenters. The maximum atomic E-state index is 13.3. The largest absolute Gasteiger partial charge is 0.507 e. The van der Waals surface area contributed by atoms with Gasteiger partial charge in [0.05, 0.1) is 24.8 Å². The van der Waals surface area contributed by atoms with Crippen molar-refractivity contribution in [1.82, 2.24) is 0 Å². The molecule has 0 bridgehead atoms. The fourth-order valence-electron chi connectivity index (χ4n) is 4.11. The maximum absolute atomic E-state index is 13.3. The highest BCUT2D eigenvalue weighted by molar-refractivity contribution is 6.51. The topological polar surface area (TPSA) is 76.1 Å². The molecule has 1 saturated heterocycles. The summed E-state index contributed by atoms with van der Waals surface area (Å²) in [7, 11) is 0. The third-order valence-electron chi connectivity index (χ3n) is 5.69. The lowest BCUT2D eigenvalue weighted by atomic mass is 9.95. The molecule has 0 aliphatic carbocycles. The lowest BCUT2D eigenvalue weighted by Gasteiger charge is -2.26. The average molecular weight is 458 g/mol. The van der Waals surface area contributed by atoms with Crippen LogP contribution in [0.25, 0.3) is 5.76 Å². The molecule has 0 radical (unpaired) electrons. The van der Waals surface area contributed by atoms with Gasteiger partial charge in [-0.15, -0.1) is 0 Å². The second-order valence-electron chi connectivity index (χ2n) is 7.94. The molecule has 0 spiro atoms. The number of nitrogens with zero attached hydrogens (tertiary/aromatic N) is 1. The molecule has 1 N–H and O–H groups in total. The van der Waals surface area contributed by atoms with Gasteiger partial charge in [-0.1, -0.05) is 60.2 Å². The van der Waals surface area contributed by atoms with E-state index in [-0.39, 0.29) is 11.3 Å². The lowest BCUT2D eigenvalue weighted by Crippen LogP contribution is -2.29. The van der Waals surface area contributed by atoms with E-state index in [1.165, 1.54) is 4.90 Å². The van der Waals surface area contributed by atoms with Crippen LogP contribution in [0.5, 0.6) is 11.5 Å². The maximum Gasteiger partial charge on any atom is 0.300 e. The molecule has 0 saturated carbocycles. The van der Waals surface area contributed by atoms with Crippen molar-refractivity contribution in [2.75, 3.05) is 18.1 Å². The summed E-state index contributed by atoms with van der Waals surface area (Å²) in [6, 6.07) is 20.7. The molecule has 0 aromatic heterocycles. The van der Waals surface area contributed by atoms with E-state index < -0.39 is 17.7 Å². The smallest absolute Gasteiger partial charge is 0.300 e. The van der Waals surface area contributed by atoms with Crippen molar-refractivity contribution in [3.63, 3.8) is 0 Å². The Balaban J connectivity index is 1.90. The molecule has 1 atom stereocenters. The minimum absolute atomic E-state index is 0.0481. The summed E-state index contributed by atoms with van der Waals surface area (Å²) >= 11 is 0. The summed E-state index contributed by atoms with van der Waals surface area (Å²) < 4.78 is 11.4. The number of anilines is 1. The number of aryl methyl sites for hydroxylation is 1. The van der Waals surface area contributed by atoms with E-state index in [9.17, 15) is 14.7 Å². The van der Waals surface area contributed by atoms with E-state index in [0.29, 0.717) is 41.5 Å². The molecule has 174 valence electrons. The molecule has 1 heterocycles. The first-order chi connectivity index (χ1) is 16.5. The normalized spacial score (nSPS) is 17.1. The summed E-state index contributed by atoms with van der Waals surface area (Å²) in [4.78, 5) is 28.0. The quantitative estimate of drug-likeness (QED) is 0.291. The van der Waals surface area contributed by atoms with Crippen LogP contribution in [0.15, 0.2) is 78.4 Å². The standard InChI is InChI=1S/C28H27NO5/c1-4-33-22-16-15-21(17-23(22)34-5-2)29-25(19-9-7-6-8-10-19)24(27(31)28(29)32)26(30)20-13-11-18(3)12-14-20/h6-17,25,30H,4-5H2,1-3H3/b26-24+. The van der Waals surface area contributed by atoms with Crippen LogP contribution in [0.3, 0.4) is 0 Å². The summed E-state index contributed by atoms with van der Waals surface area (Å²) in [5, 5.41) is 11.2. The fourth-order valence-corrected chi connectivity index (χ4v) is 4.11. The highest BCUT2D eigenvalue weighted by atomic mass is 16.5. The second kappa shape index (κ2) is 9.83. The molecule has 6 heteroatoms. The lowest BCUT2D eigenvalue weighted by molar-refractivity contribution is -0.132. The molecule has 1 amide bonds. The molecule has 1 fully saturated rings. The van der Waals surface area contributed by atoms with E-state index in [1.807, 2.05) is 63.2 Å². The Morgan fingerprint density at radius 2 is 1.53 bits per heavy atom. The molecular weight excluding hydrogens is 430 g/mol. The first-order valence-corrected chi connectivity index (χ1v) is 11.3. The van der Waals surface area contributed by atoms with Crippen molar-refractivity contribution in [2.24, 2.45) is 0 Å². The predicted molar refractivity (Wildman–Crippen MR) is 131 cm³/mol. The van der Waals surface area contributed by atoms with Crippen LogP contribution in [0.1, 0.15) is 36.6 Å². The number of rotatable bonds is 7. The minimum atomic E-state index is -0.796. The number of hydrogen-bond acceptors (Lipinski definition) is 5. The Morgan fingerprint density at radius 3 is 2.18 bits per heavy atom. The van der Waals surface area contributed by atoms with Crippen LogP contribution in [-0.2, 0) is 9.59 Å². The van der Waals surface area contributed by atoms with Crippen molar-refractivity contribution in [3.8, 4) is 11.5 Å². The van der Waals surface area contributed by atoms with Crippen molar-refractivity contribution in [2.45, 2.75) is 26.8 Å². The molecule has 6 nitrogen and oxygen atoms in total. The van der Waals surface area contributed by atoms with Gasteiger partial charge in [0.1, 0.15) is 5.76 Å². The van der Waals surface area contributed by atoms with Crippen LogP contribution in [0.2, 0.25) is 0 Å². The zero-order valence-electron chi connectivity index (χ0n) is 19.4. The summed E-state index contributed by atoms with van der Waals surface area (Å²) in [6.45, 7) is 6.56. The number of carbonyl (C=O) groups is 2. The van der Waals surface area contributed by atoms with Gasteiger partial charge in [0.15, 0.2) is 11.5 Å². The first kappa shape index (κ1) is 23.1. The first-order valence-electron chi connectivity index (χ1n) is 11.3. The highest BCUT2D eigenvalue weighted by Crippen LogP contribution is 2.44. The van der Waals surface area contributed by atoms with Gasteiger partial charge in [0.25, 0.3) is 11.7 Å². The van der Waals surface area contributed by atoms with Gasteiger partial charge in [0, 0.05) is 17.3 Å². The Hall–Kier alpha value is -4.06. The number of amides is 1. The van der Waals surface area contributed by atoms with Gasteiger partial charge in [-0.3, -0.25) is 14.5 Å². The number of benzene rings is 3. The predicted octanol–water partition coefficient (Wildman–Crippen LogP) is 5.42. The number of aliphatic hydroxyl groups is 1. The van der Waals surface area contributed by atoms with Gasteiger partial charge in [0.2, 0.25) is 0 Å². The zero-order chi connectivity index (χ0) is 24.2. The number of Topliss-reactive ketones (excluding diaryl/α,β-unsaturated/α-hetero) is 1. The minimum Gasteiger partial charge on any atom is -0.507 e. The van der Waals surface area contributed by atoms with Crippen molar-refractivity contribution >= 4 is 23.1 Å². The molecule has 34 heavy (non-hydrogen) atoms. The Bertz CT molecular complexity index is 1230. The second-order valence-corrected chi connectivity index (χ2v) is 7.94. The number of hydrogen-bond donors (Lipinski definition) is 1. The van der Waals surface area contributed by atoms with Crippen molar-refractivity contribution in [3.05, 3.63) is 95.1 Å². The number of carbonyl (C=O) groups excluding carboxylic acids is 2. The molecule has 3 aromatic carbocycles. The van der Waals surface area contributed by atoms with E-state index in [4.69, 9.17) is 9.47 Å². The van der Waals surface area contributed by atoms with Crippen molar-refractivity contribution < 1.29 is 24.2 Å². The highest BCUT2D eigenvalue weighted by Gasteiger charge is 2.47. The van der Waals surface area contributed by atoms with E-state index >= 15 is 0 Å². The number of ketones is 1. The van der Waals surface area contributed by atoms with Crippen molar-refractivity contribution in [1.29, 1.82) is 0 Å². The van der Waals surface area contributed by atoms with Crippen LogP contribution < -0.4 is 14.4 Å². The summed E-state index contributed by atoms with van der Waals surface area (Å²) in [5.41, 5.74) is 2.74. The monoisotopic (exact) mass is 457 g/mol. The van der Waals surface area contributed by atoms with Gasteiger partial charge >= 0.3 is 0 Å². The fraction of sp³-hybridized carbons (Fsp3) is 0.214. The molecule has 1 aliphatic heterocycles. The molecule has 4 rings (SSSR count). The average Bonchev–Trinajstić information content (AvgIpc) is 3.11. The Morgan fingerprint density at radius 1 is 0.882 bits per heavy atom. The number of ether oxygens (including phenoxy) is 2. The summed E-state index contributed by atoms with van der Waals surface area (Å²) in [6.07, 6.45) is 0. The van der Waals surface area contributed by atoms with Crippen LogP contribution in [-0.4, -0.2) is 30.0 Å². The van der Waals surface area contributed by atoms with E-state index in [1.54, 1.807) is 30.3 Å². The van der Waals surface area contributed by atoms with Gasteiger partial charge in [-0.05, 0) is 38.5 Å². The van der Waals surface area contributed by atoms with Gasteiger partial charge in [-0.25, -0.2) is 0 Å². The van der Waals surface area contributed by atoms with E-state index in [0.717, 1.165) is 5.56 Å². The Labute approximate surface area is 199 Å². The SMILES string of the molecule is CCOc1ccc(N2C(=O)C(=O)/C(=C(/O)c3ccc(C)cc3)C2c2ccccc2)cc1OCC. The third kappa shape index (κ3) is 4.27. The van der Waals surface area contributed by atoms with Gasteiger partial charge in [-0.2, -0.15) is 0 Å². The molecule has 3 aromatic rings. The Kier molecular flexibility index (Phi) is 6.68. The summed E-state index contributed by atoms with van der Waals surface area (Å²) in [5.74, 6) is -0.617. The molecule has 1 aliphatic rings. The van der Waals surface area contributed by atoms with E-state index in [2.05, 4.69) is 0 Å². The van der Waals surface area contributed by atoms with Crippen LogP contribution in [0, 0.1) is 6.92 Å². The molecular formula is C28H27NO5. The van der Waals surface area contributed by atoms with Crippen LogP contribution in [0.4, 0.5) is 5.69 Å². The van der Waals surface area contributed by atoms with Gasteiger partial charge < -0.3 is 14.6 Å². The number of aliphatic hydroxyl groups excluding tert-OH is 1. The van der Waals surface area contributed by atoms with Crippen LogP contribution >= 0.6 is 0 Å².